The summed E-state index contributed by atoms with van der Waals surface area (Å²) < 4.78 is 33.6. The summed E-state index contributed by atoms with van der Waals surface area (Å²) in [6, 6.07) is 17.3. The summed E-state index contributed by atoms with van der Waals surface area (Å²) in [6.45, 7) is 2.45. The molecule has 0 radical (unpaired) electrons. The molecule has 2 aromatic carbocycles. The molecular formula is C26H30N6O3S. The van der Waals surface area contributed by atoms with Gasteiger partial charge in [-0.1, -0.05) is 18.2 Å². The average Bonchev–Trinajstić information content (AvgIpc) is 3.27. The van der Waals surface area contributed by atoms with E-state index in [0.29, 0.717) is 18.2 Å². The van der Waals surface area contributed by atoms with E-state index in [9.17, 15) is 8.42 Å². The predicted molar refractivity (Wildman–Crippen MR) is 143 cm³/mol. The lowest BCUT2D eigenvalue weighted by atomic mass is 10.1. The van der Waals surface area contributed by atoms with Crippen LogP contribution in [-0.2, 0) is 16.6 Å². The monoisotopic (exact) mass is 506 g/mol. The molecule has 0 amide bonds. The molecular weight excluding hydrogens is 476 g/mol. The van der Waals surface area contributed by atoms with Gasteiger partial charge in [0.2, 0.25) is 16.0 Å². The van der Waals surface area contributed by atoms with Gasteiger partial charge >= 0.3 is 0 Å². The Morgan fingerprint density at radius 2 is 1.86 bits per heavy atom. The van der Waals surface area contributed by atoms with Gasteiger partial charge in [0, 0.05) is 30.5 Å². The minimum absolute atomic E-state index is 0.255. The molecule has 2 aromatic heterocycles. The lowest BCUT2D eigenvalue weighted by Crippen LogP contribution is -2.34. The van der Waals surface area contributed by atoms with Gasteiger partial charge in [0.25, 0.3) is 0 Å². The Hall–Kier alpha value is -3.63. The third-order valence-corrected chi connectivity index (χ3v) is 7.56. The minimum Gasteiger partial charge on any atom is -0.490 e. The highest BCUT2D eigenvalue weighted by atomic mass is 32.2. The van der Waals surface area contributed by atoms with E-state index in [-0.39, 0.29) is 6.10 Å². The predicted octanol–water partition coefficient (Wildman–Crippen LogP) is 3.75. The van der Waals surface area contributed by atoms with Gasteiger partial charge in [0.1, 0.15) is 17.5 Å². The van der Waals surface area contributed by atoms with Crippen LogP contribution < -0.4 is 19.7 Å². The van der Waals surface area contributed by atoms with Gasteiger partial charge in [-0.05, 0) is 67.9 Å². The summed E-state index contributed by atoms with van der Waals surface area (Å²) in [5.74, 6) is 1.34. The Balaban J connectivity index is 1.33. The van der Waals surface area contributed by atoms with E-state index >= 15 is 0 Å². The Kier molecular flexibility index (Phi) is 6.80. The van der Waals surface area contributed by atoms with Crippen molar-refractivity contribution in [2.75, 3.05) is 36.0 Å². The van der Waals surface area contributed by atoms with Crippen LogP contribution in [0.2, 0.25) is 0 Å². The fourth-order valence-corrected chi connectivity index (χ4v) is 4.86. The van der Waals surface area contributed by atoms with Gasteiger partial charge in [-0.2, -0.15) is 4.98 Å². The Morgan fingerprint density at radius 1 is 1.11 bits per heavy atom. The molecule has 1 aliphatic heterocycles. The summed E-state index contributed by atoms with van der Waals surface area (Å²) in [5.41, 5.74) is 3.14. The van der Waals surface area contributed by atoms with Crippen molar-refractivity contribution in [3.05, 3.63) is 72.6 Å². The second kappa shape index (κ2) is 10.2. The zero-order valence-corrected chi connectivity index (χ0v) is 21.2. The molecule has 0 spiro atoms. The summed E-state index contributed by atoms with van der Waals surface area (Å²) in [6.07, 6.45) is 7.21. The Morgan fingerprint density at radius 3 is 2.61 bits per heavy atom. The number of nitrogens with one attached hydrogen (secondary N) is 2. The number of ether oxygens (including phenoxy) is 1. The second-order valence-corrected chi connectivity index (χ2v) is 11.0. The van der Waals surface area contributed by atoms with Gasteiger partial charge in [-0.3, -0.25) is 4.31 Å². The highest BCUT2D eigenvalue weighted by Crippen LogP contribution is 2.25. The molecule has 0 unspecified atom stereocenters. The number of para-hydroxylation sites is 1. The minimum atomic E-state index is -3.38. The molecule has 1 saturated heterocycles. The van der Waals surface area contributed by atoms with Crippen molar-refractivity contribution in [2.45, 2.75) is 25.5 Å². The molecule has 0 bridgehead atoms. The molecule has 0 atom stereocenters. The molecule has 2 N–H and O–H groups in total. The van der Waals surface area contributed by atoms with E-state index in [1.54, 1.807) is 13.2 Å². The van der Waals surface area contributed by atoms with Crippen molar-refractivity contribution < 1.29 is 13.2 Å². The van der Waals surface area contributed by atoms with E-state index in [1.807, 2.05) is 65.4 Å². The standard InChI is InChI=1S/C26H30N6O3S/c1-31(36(2,33)34)24-6-4-3-5-20(24)18-32-16-13-19-17-28-26(30-25(19)32)29-21-7-9-22(10-8-21)35-23-11-14-27-15-12-23/h3-10,13,16-17,23,27H,11-12,14-15,18H2,1-2H3,(H,28,29,30). The number of hydrogen-bond donors (Lipinski definition) is 2. The van der Waals surface area contributed by atoms with E-state index in [0.717, 1.165) is 54.0 Å². The first-order valence-corrected chi connectivity index (χ1v) is 13.8. The van der Waals surface area contributed by atoms with Crippen LogP contribution in [0.25, 0.3) is 11.0 Å². The first-order valence-electron chi connectivity index (χ1n) is 11.9. The number of aromatic nitrogens is 3. The van der Waals surface area contributed by atoms with Crippen LogP contribution in [0.3, 0.4) is 0 Å². The van der Waals surface area contributed by atoms with Crippen LogP contribution in [0.5, 0.6) is 5.75 Å². The van der Waals surface area contributed by atoms with Crippen molar-refractivity contribution in [3.63, 3.8) is 0 Å². The van der Waals surface area contributed by atoms with Crippen molar-refractivity contribution in [2.24, 2.45) is 0 Å². The largest absolute Gasteiger partial charge is 0.490 e. The zero-order chi connectivity index (χ0) is 25.1. The third kappa shape index (κ3) is 5.44. The highest BCUT2D eigenvalue weighted by Gasteiger charge is 2.17. The number of nitrogens with zero attached hydrogens (tertiary/aromatic N) is 4. The lowest BCUT2D eigenvalue weighted by molar-refractivity contribution is 0.162. The normalized spacial score (nSPS) is 14.6. The first-order chi connectivity index (χ1) is 17.4. The molecule has 3 heterocycles. The molecule has 4 aromatic rings. The molecule has 188 valence electrons. The highest BCUT2D eigenvalue weighted by molar-refractivity contribution is 7.92. The van der Waals surface area contributed by atoms with Gasteiger partial charge in [0.05, 0.1) is 18.5 Å². The topological polar surface area (TPSA) is 101 Å². The van der Waals surface area contributed by atoms with Gasteiger partial charge in [-0.15, -0.1) is 0 Å². The number of hydrogen-bond acceptors (Lipinski definition) is 7. The molecule has 1 aliphatic rings. The van der Waals surface area contributed by atoms with Crippen LogP contribution in [0, 0.1) is 0 Å². The van der Waals surface area contributed by atoms with Gasteiger partial charge in [-0.25, -0.2) is 13.4 Å². The van der Waals surface area contributed by atoms with Gasteiger partial charge in [0.15, 0.2) is 0 Å². The van der Waals surface area contributed by atoms with Crippen molar-refractivity contribution >= 4 is 38.4 Å². The van der Waals surface area contributed by atoms with Crippen LogP contribution in [0.15, 0.2) is 67.0 Å². The van der Waals surface area contributed by atoms with Crippen molar-refractivity contribution in [1.82, 2.24) is 19.9 Å². The Labute approximate surface area is 211 Å². The Bertz CT molecular complexity index is 1450. The number of fused-ring (bicyclic) bond motifs is 1. The van der Waals surface area contributed by atoms with E-state index in [2.05, 4.69) is 15.6 Å². The fraction of sp³-hybridized carbons (Fsp3) is 0.308. The summed E-state index contributed by atoms with van der Waals surface area (Å²) in [4.78, 5) is 9.19. The van der Waals surface area contributed by atoms with Crippen LogP contribution in [0.1, 0.15) is 18.4 Å². The van der Waals surface area contributed by atoms with Crippen molar-refractivity contribution in [1.29, 1.82) is 0 Å². The van der Waals surface area contributed by atoms with Crippen molar-refractivity contribution in [3.8, 4) is 5.75 Å². The molecule has 0 saturated carbocycles. The number of sulfonamides is 1. The molecule has 36 heavy (non-hydrogen) atoms. The number of rotatable bonds is 8. The molecule has 9 nitrogen and oxygen atoms in total. The molecule has 1 fully saturated rings. The average molecular weight is 507 g/mol. The number of benzene rings is 2. The van der Waals surface area contributed by atoms with E-state index in [1.165, 1.54) is 10.6 Å². The SMILES string of the molecule is CN(c1ccccc1Cn1ccc2cnc(Nc3ccc(OC4CCNCC4)cc3)nc21)S(C)(=O)=O. The molecule has 0 aliphatic carbocycles. The van der Waals surface area contributed by atoms with Crippen LogP contribution in [-0.4, -0.2) is 55.4 Å². The maximum absolute atomic E-state index is 12.1. The summed E-state index contributed by atoms with van der Waals surface area (Å²) in [7, 11) is -1.81. The second-order valence-electron chi connectivity index (χ2n) is 8.99. The van der Waals surface area contributed by atoms with Crippen LogP contribution >= 0.6 is 0 Å². The van der Waals surface area contributed by atoms with Crippen LogP contribution in [0.4, 0.5) is 17.3 Å². The maximum atomic E-state index is 12.1. The molecule has 5 rings (SSSR count). The number of anilines is 3. The summed E-state index contributed by atoms with van der Waals surface area (Å²) >= 11 is 0. The lowest BCUT2D eigenvalue weighted by Gasteiger charge is -2.23. The zero-order valence-electron chi connectivity index (χ0n) is 20.4. The fourth-order valence-electron chi connectivity index (χ4n) is 4.32. The number of piperidine rings is 1. The maximum Gasteiger partial charge on any atom is 0.232 e. The summed E-state index contributed by atoms with van der Waals surface area (Å²) in [5, 5.41) is 7.52. The third-order valence-electron chi connectivity index (χ3n) is 6.37. The van der Waals surface area contributed by atoms with E-state index < -0.39 is 10.0 Å². The van der Waals surface area contributed by atoms with Gasteiger partial charge < -0.3 is 19.9 Å². The molecule has 10 heteroatoms. The quantitative estimate of drug-likeness (QED) is 0.375. The smallest absolute Gasteiger partial charge is 0.232 e. The van der Waals surface area contributed by atoms with E-state index in [4.69, 9.17) is 9.72 Å². The first kappa shape index (κ1) is 24.1.